The molecule has 1 aliphatic heterocycles. The molecular formula is C7H8N2O3. The van der Waals surface area contributed by atoms with Gasteiger partial charge in [0.2, 0.25) is 0 Å². The number of aliphatic hydroxyl groups excluding tert-OH is 1. The van der Waals surface area contributed by atoms with Gasteiger partial charge in [0.25, 0.3) is 5.88 Å². The molecule has 0 aromatic carbocycles. The third-order valence-corrected chi connectivity index (χ3v) is 1.49. The number of hydrogen-bond acceptors (Lipinski definition) is 5. The molecule has 5 nitrogen and oxygen atoms in total. The van der Waals surface area contributed by atoms with Gasteiger partial charge < -0.3 is 14.6 Å². The van der Waals surface area contributed by atoms with E-state index in [4.69, 9.17) is 14.6 Å². The Balaban J connectivity index is 2.36. The molecule has 0 unspecified atom stereocenters. The van der Waals surface area contributed by atoms with Crippen molar-refractivity contribution in [2.24, 2.45) is 0 Å². The van der Waals surface area contributed by atoms with Crippen molar-refractivity contribution in [2.45, 2.75) is 6.61 Å². The zero-order chi connectivity index (χ0) is 8.39. The molecule has 0 saturated carbocycles. The van der Waals surface area contributed by atoms with Gasteiger partial charge in [0.1, 0.15) is 19.8 Å². The molecule has 0 saturated heterocycles. The molecular weight excluding hydrogens is 160 g/mol. The van der Waals surface area contributed by atoms with E-state index in [1.165, 1.54) is 6.20 Å². The van der Waals surface area contributed by atoms with Crippen LogP contribution in [0.2, 0.25) is 0 Å². The zero-order valence-corrected chi connectivity index (χ0v) is 6.36. The van der Waals surface area contributed by atoms with E-state index in [1.54, 1.807) is 0 Å². The van der Waals surface area contributed by atoms with Crippen molar-refractivity contribution >= 4 is 0 Å². The van der Waals surface area contributed by atoms with Crippen LogP contribution in [0.1, 0.15) is 5.82 Å². The monoisotopic (exact) mass is 168 g/mol. The van der Waals surface area contributed by atoms with Gasteiger partial charge in [0.05, 0.1) is 6.20 Å². The van der Waals surface area contributed by atoms with Crippen LogP contribution < -0.4 is 9.47 Å². The van der Waals surface area contributed by atoms with Crippen molar-refractivity contribution in [3.8, 4) is 11.6 Å². The first kappa shape index (κ1) is 7.30. The molecule has 1 aromatic rings. The molecule has 1 aliphatic rings. The highest BCUT2D eigenvalue weighted by atomic mass is 16.6. The number of fused-ring (bicyclic) bond motifs is 1. The first-order chi connectivity index (χ1) is 5.90. The van der Waals surface area contributed by atoms with Crippen LogP contribution >= 0.6 is 0 Å². The molecule has 0 radical (unpaired) electrons. The molecule has 64 valence electrons. The zero-order valence-electron chi connectivity index (χ0n) is 6.36. The Morgan fingerprint density at radius 3 is 3.08 bits per heavy atom. The lowest BCUT2D eigenvalue weighted by Crippen LogP contribution is -2.17. The first-order valence-electron chi connectivity index (χ1n) is 3.62. The van der Waals surface area contributed by atoms with Crippen LogP contribution in [-0.4, -0.2) is 28.3 Å². The van der Waals surface area contributed by atoms with Gasteiger partial charge in [0, 0.05) is 0 Å². The summed E-state index contributed by atoms with van der Waals surface area (Å²) < 4.78 is 10.4. The highest BCUT2D eigenvalue weighted by Gasteiger charge is 2.13. The van der Waals surface area contributed by atoms with Crippen LogP contribution in [0.25, 0.3) is 0 Å². The van der Waals surface area contributed by atoms with Crippen LogP contribution in [0.15, 0.2) is 6.20 Å². The average Bonchev–Trinajstić information content (AvgIpc) is 2.17. The smallest absolute Gasteiger partial charge is 0.260 e. The summed E-state index contributed by atoms with van der Waals surface area (Å²) in [5.74, 6) is 1.30. The number of nitrogens with zero attached hydrogens (tertiary/aromatic N) is 2. The fraction of sp³-hybridized carbons (Fsp3) is 0.429. The summed E-state index contributed by atoms with van der Waals surface area (Å²) in [5.41, 5.74) is 0. The molecule has 12 heavy (non-hydrogen) atoms. The van der Waals surface area contributed by atoms with Crippen LogP contribution in [0.4, 0.5) is 0 Å². The highest BCUT2D eigenvalue weighted by molar-refractivity contribution is 5.31. The summed E-state index contributed by atoms with van der Waals surface area (Å²) in [6.07, 6.45) is 1.51. The standard InChI is InChI=1S/C7H8N2O3/c10-4-6-8-3-5-7(9-6)12-2-1-11-5/h3,10H,1-2,4H2. The summed E-state index contributed by atoms with van der Waals surface area (Å²) in [5, 5.41) is 8.72. The topological polar surface area (TPSA) is 64.5 Å². The van der Waals surface area contributed by atoms with Crippen molar-refractivity contribution in [1.29, 1.82) is 0 Å². The van der Waals surface area contributed by atoms with Crippen LogP contribution in [0.5, 0.6) is 11.6 Å². The third kappa shape index (κ3) is 1.18. The molecule has 5 heteroatoms. The van der Waals surface area contributed by atoms with Crippen LogP contribution in [0, 0.1) is 0 Å². The molecule has 0 fully saturated rings. The summed E-state index contributed by atoms with van der Waals surface area (Å²) >= 11 is 0. The maximum Gasteiger partial charge on any atom is 0.260 e. The number of aliphatic hydroxyl groups is 1. The molecule has 2 rings (SSSR count). The Labute approximate surface area is 69.0 Å². The van der Waals surface area contributed by atoms with Gasteiger partial charge in [-0.2, -0.15) is 4.98 Å². The average molecular weight is 168 g/mol. The minimum Gasteiger partial charge on any atom is -0.483 e. The SMILES string of the molecule is OCc1ncc2c(n1)OCCO2. The Kier molecular flexibility index (Phi) is 1.79. The summed E-state index contributed by atoms with van der Waals surface area (Å²) in [6, 6.07) is 0. The van der Waals surface area contributed by atoms with Gasteiger partial charge in [-0.25, -0.2) is 4.98 Å². The van der Waals surface area contributed by atoms with E-state index in [0.29, 0.717) is 30.7 Å². The minimum absolute atomic E-state index is 0.184. The molecule has 1 aromatic heterocycles. The van der Waals surface area contributed by atoms with Gasteiger partial charge >= 0.3 is 0 Å². The maximum absolute atomic E-state index is 8.72. The van der Waals surface area contributed by atoms with E-state index in [9.17, 15) is 0 Å². The summed E-state index contributed by atoms with van der Waals surface area (Å²) in [7, 11) is 0. The number of ether oxygens (including phenoxy) is 2. The quantitative estimate of drug-likeness (QED) is 0.625. The van der Waals surface area contributed by atoms with Gasteiger partial charge in [0.15, 0.2) is 11.6 Å². The molecule has 0 spiro atoms. The van der Waals surface area contributed by atoms with Crippen molar-refractivity contribution in [2.75, 3.05) is 13.2 Å². The van der Waals surface area contributed by atoms with Crippen molar-refractivity contribution in [1.82, 2.24) is 9.97 Å². The van der Waals surface area contributed by atoms with E-state index in [1.807, 2.05) is 0 Å². The lowest BCUT2D eigenvalue weighted by molar-refractivity contribution is 0.160. The highest BCUT2D eigenvalue weighted by Crippen LogP contribution is 2.25. The predicted molar refractivity (Wildman–Crippen MR) is 38.9 cm³/mol. The maximum atomic E-state index is 8.72. The summed E-state index contributed by atoms with van der Waals surface area (Å²) in [6.45, 7) is 0.834. The first-order valence-corrected chi connectivity index (χ1v) is 3.62. The number of aromatic nitrogens is 2. The Morgan fingerprint density at radius 2 is 2.25 bits per heavy atom. The normalized spacial score (nSPS) is 14.4. The Bertz CT molecular complexity index is 290. The van der Waals surface area contributed by atoms with Crippen LogP contribution in [-0.2, 0) is 6.61 Å². The predicted octanol–water partition coefficient (Wildman–Crippen LogP) is -0.260. The summed E-state index contributed by atoms with van der Waals surface area (Å²) in [4.78, 5) is 7.77. The largest absolute Gasteiger partial charge is 0.483 e. The van der Waals surface area contributed by atoms with Crippen molar-refractivity contribution in [3.05, 3.63) is 12.0 Å². The molecule has 0 atom stereocenters. The Morgan fingerprint density at radius 1 is 1.42 bits per heavy atom. The second kappa shape index (κ2) is 2.94. The second-order valence-corrected chi connectivity index (χ2v) is 2.31. The number of hydrogen-bond donors (Lipinski definition) is 1. The Hall–Kier alpha value is -1.36. The lowest BCUT2D eigenvalue weighted by atomic mass is 10.5. The molecule has 2 heterocycles. The van der Waals surface area contributed by atoms with Gasteiger partial charge in [-0.1, -0.05) is 0 Å². The lowest BCUT2D eigenvalue weighted by Gasteiger charge is -2.16. The van der Waals surface area contributed by atoms with Crippen LogP contribution in [0.3, 0.4) is 0 Å². The molecule has 0 aliphatic carbocycles. The second-order valence-electron chi connectivity index (χ2n) is 2.31. The minimum atomic E-state index is -0.184. The van der Waals surface area contributed by atoms with Gasteiger partial charge in [-0.3, -0.25) is 0 Å². The van der Waals surface area contributed by atoms with Gasteiger partial charge in [-0.05, 0) is 0 Å². The van der Waals surface area contributed by atoms with E-state index in [0.717, 1.165) is 0 Å². The fourth-order valence-corrected chi connectivity index (χ4v) is 0.958. The molecule has 0 bridgehead atoms. The van der Waals surface area contributed by atoms with Crippen molar-refractivity contribution < 1.29 is 14.6 Å². The van der Waals surface area contributed by atoms with Crippen molar-refractivity contribution in [3.63, 3.8) is 0 Å². The fourth-order valence-electron chi connectivity index (χ4n) is 0.958. The molecule has 1 N–H and O–H groups in total. The third-order valence-electron chi connectivity index (χ3n) is 1.49. The van der Waals surface area contributed by atoms with Gasteiger partial charge in [-0.15, -0.1) is 0 Å². The number of rotatable bonds is 1. The van der Waals surface area contributed by atoms with E-state index in [2.05, 4.69) is 9.97 Å². The van der Waals surface area contributed by atoms with E-state index < -0.39 is 0 Å². The van der Waals surface area contributed by atoms with E-state index in [-0.39, 0.29) is 6.61 Å². The molecule has 0 amide bonds. The van der Waals surface area contributed by atoms with E-state index >= 15 is 0 Å².